The number of aromatic nitrogens is 1. The molecule has 1 atom stereocenters. The highest BCUT2D eigenvalue weighted by Gasteiger charge is 2.23. The van der Waals surface area contributed by atoms with E-state index in [0.29, 0.717) is 15.8 Å². The monoisotopic (exact) mass is 261 g/mol. The summed E-state index contributed by atoms with van der Waals surface area (Å²) in [4.78, 5) is 15.6. The average molecular weight is 261 g/mol. The molecule has 1 saturated heterocycles. The van der Waals surface area contributed by atoms with Crippen molar-refractivity contribution >= 4 is 40.8 Å². The Morgan fingerprint density at radius 1 is 1.53 bits per heavy atom. The first-order valence-electron chi connectivity index (χ1n) is 4.58. The molecule has 82 valence electrons. The zero-order valence-electron chi connectivity index (χ0n) is 8.23. The van der Waals surface area contributed by atoms with Crippen LogP contribution in [0.25, 0.3) is 0 Å². The molecule has 1 N–H and O–H groups in total. The molecule has 6 heteroatoms. The van der Waals surface area contributed by atoms with Gasteiger partial charge in [-0.05, 0) is 6.92 Å². The van der Waals surface area contributed by atoms with Gasteiger partial charge in [-0.2, -0.15) is 11.8 Å². The van der Waals surface area contributed by atoms with Crippen LogP contribution in [0.15, 0.2) is 0 Å². The number of hydrogen-bond donors (Lipinski definition) is 1. The fraction of sp³-hybridized carbons (Fsp3) is 0.556. The van der Waals surface area contributed by atoms with Crippen molar-refractivity contribution in [1.82, 2.24) is 4.98 Å². The van der Waals surface area contributed by atoms with Crippen LogP contribution in [0.3, 0.4) is 0 Å². The summed E-state index contributed by atoms with van der Waals surface area (Å²) in [6, 6.07) is 0. The third kappa shape index (κ3) is 2.49. The number of aromatic carboxylic acids is 1. The van der Waals surface area contributed by atoms with E-state index >= 15 is 0 Å². The van der Waals surface area contributed by atoms with Gasteiger partial charge in [0.25, 0.3) is 0 Å². The van der Waals surface area contributed by atoms with Crippen LogP contribution < -0.4 is 0 Å². The molecule has 1 aromatic heterocycles. The molecule has 2 rings (SSSR count). The molecule has 1 aliphatic heterocycles. The summed E-state index contributed by atoms with van der Waals surface area (Å²) in [6.07, 6.45) is 0. The van der Waals surface area contributed by atoms with Crippen LogP contribution in [0.1, 0.15) is 25.6 Å². The van der Waals surface area contributed by atoms with E-state index in [1.165, 1.54) is 17.1 Å². The van der Waals surface area contributed by atoms with Crippen LogP contribution in [0.5, 0.6) is 0 Å². The summed E-state index contributed by atoms with van der Waals surface area (Å²) in [5.41, 5.74) is 0.652. The van der Waals surface area contributed by atoms with E-state index in [0.717, 1.165) is 16.5 Å². The number of carboxylic acids is 1. The molecule has 0 saturated carbocycles. The highest BCUT2D eigenvalue weighted by atomic mass is 32.2. The topological polar surface area (TPSA) is 50.2 Å². The van der Waals surface area contributed by atoms with Gasteiger partial charge in [-0.3, -0.25) is 0 Å². The van der Waals surface area contributed by atoms with Gasteiger partial charge >= 0.3 is 5.97 Å². The predicted molar refractivity (Wildman–Crippen MR) is 66.3 cm³/mol. The molecule has 3 nitrogen and oxygen atoms in total. The van der Waals surface area contributed by atoms with Gasteiger partial charge < -0.3 is 5.11 Å². The highest BCUT2D eigenvalue weighted by Crippen LogP contribution is 2.39. The Hall–Kier alpha value is -0.200. The lowest BCUT2D eigenvalue weighted by molar-refractivity contribution is 0.0701. The minimum absolute atomic E-state index is 0.389. The van der Waals surface area contributed by atoms with E-state index < -0.39 is 5.97 Å². The standard InChI is InChI=1S/C9H11NO2S3/c1-5-7(9(11)12)15-8(10-5)6-4-13-2-3-14-6/h6H,2-4H2,1H3,(H,11,12). The first-order valence-corrected chi connectivity index (χ1v) is 7.60. The lowest BCUT2D eigenvalue weighted by atomic mass is 10.4. The van der Waals surface area contributed by atoms with Gasteiger partial charge in [-0.25, -0.2) is 9.78 Å². The minimum atomic E-state index is -0.857. The Morgan fingerprint density at radius 3 is 2.87 bits per heavy atom. The maximum Gasteiger partial charge on any atom is 0.347 e. The van der Waals surface area contributed by atoms with Crippen LogP contribution in [0.2, 0.25) is 0 Å². The van der Waals surface area contributed by atoms with Crippen molar-refractivity contribution in [2.75, 3.05) is 17.3 Å². The fourth-order valence-corrected chi connectivity index (χ4v) is 5.27. The predicted octanol–water partition coefficient (Wildman–Crippen LogP) is 2.67. The second-order valence-corrected chi connectivity index (χ2v) is 6.70. The van der Waals surface area contributed by atoms with Gasteiger partial charge in [0, 0.05) is 17.3 Å². The molecule has 0 amide bonds. The smallest absolute Gasteiger partial charge is 0.347 e. The van der Waals surface area contributed by atoms with Gasteiger partial charge in [-0.1, -0.05) is 0 Å². The lowest BCUT2D eigenvalue weighted by Crippen LogP contribution is -2.05. The van der Waals surface area contributed by atoms with E-state index in [4.69, 9.17) is 5.11 Å². The maximum absolute atomic E-state index is 10.9. The Kier molecular flexibility index (Phi) is 3.58. The molecule has 0 aromatic carbocycles. The number of carboxylic acid groups (broad SMARTS) is 1. The molecule has 2 heterocycles. The van der Waals surface area contributed by atoms with Gasteiger partial charge in [-0.15, -0.1) is 23.1 Å². The Bertz CT molecular complexity index is 371. The minimum Gasteiger partial charge on any atom is -0.477 e. The van der Waals surface area contributed by atoms with Gasteiger partial charge in [0.15, 0.2) is 0 Å². The third-order valence-electron chi connectivity index (χ3n) is 2.10. The van der Waals surface area contributed by atoms with Crippen LogP contribution in [-0.2, 0) is 0 Å². The number of aryl methyl sites for hydroxylation is 1. The molecule has 0 aliphatic carbocycles. The van der Waals surface area contributed by atoms with Gasteiger partial charge in [0.2, 0.25) is 0 Å². The van der Waals surface area contributed by atoms with Crippen LogP contribution in [0.4, 0.5) is 0 Å². The summed E-state index contributed by atoms with van der Waals surface area (Å²) < 4.78 is 0. The molecule has 1 unspecified atom stereocenters. The van der Waals surface area contributed by atoms with Crippen LogP contribution in [-0.4, -0.2) is 33.3 Å². The van der Waals surface area contributed by atoms with Crippen molar-refractivity contribution in [2.24, 2.45) is 0 Å². The van der Waals surface area contributed by atoms with E-state index in [1.54, 1.807) is 6.92 Å². The van der Waals surface area contributed by atoms with Crippen LogP contribution >= 0.6 is 34.9 Å². The third-order valence-corrected chi connectivity index (χ3v) is 6.27. The number of rotatable bonds is 2. The SMILES string of the molecule is Cc1nc(C2CSCCS2)sc1C(=O)O. The second kappa shape index (κ2) is 4.76. The van der Waals surface area contributed by atoms with E-state index in [-0.39, 0.29) is 0 Å². The van der Waals surface area contributed by atoms with E-state index in [9.17, 15) is 4.79 Å². The van der Waals surface area contributed by atoms with Crippen molar-refractivity contribution in [3.05, 3.63) is 15.6 Å². The first-order chi connectivity index (χ1) is 7.18. The Labute approximate surface area is 101 Å². The molecular formula is C9H11NO2S3. The molecule has 0 radical (unpaired) electrons. The maximum atomic E-state index is 10.9. The number of hydrogen-bond acceptors (Lipinski definition) is 5. The molecule has 1 fully saturated rings. The molecular weight excluding hydrogens is 250 g/mol. The van der Waals surface area contributed by atoms with E-state index in [1.807, 2.05) is 23.5 Å². The fourth-order valence-electron chi connectivity index (χ4n) is 1.38. The largest absolute Gasteiger partial charge is 0.477 e. The summed E-state index contributed by atoms with van der Waals surface area (Å²) >= 11 is 5.13. The van der Waals surface area contributed by atoms with Crippen molar-refractivity contribution in [1.29, 1.82) is 0 Å². The quantitative estimate of drug-likeness (QED) is 0.887. The summed E-state index contributed by atoms with van der Waals surface area (Å²) in [7, 11) is 0. The second-order valence-electron chi connectivity index (χ2n) is 3.21. The Balaban J connectivity index is 2.21. The molecule has 1 aliphatic rings. The van der Waals surface area contributed by atoms with E-state index in [2.05, 4.69) is 4.98 Å². The molecule has 0 spiro atoms. The van der Waals surface area contributed by atoms with Crippen molar-refractivity contribution in [3.63, 3.8) is 0 Å². The highest BCUT2D eigenvalue weighted by molar-refractivity contribution is 8.06. The van der Waals surface area contributed by atoms with Crippen LogP contribution in [0, 0.1) is 6.92 Å². The first kappa shape index (κ1) is 11.3. The number of thioether (sulfide) groups is 2. The van der Waals surface area contributed by atoms with Crippen molar-refractivity contribution < 1.29 is 9.90 Å². The molecule has 15 heavy (non-hydrogen) atoms. The molecule has 1 aromatic rings. The normalized spacial score (nSPS) is 21.5. The zero-order chi connectivity index (χ0) is 10.8. The Morgan fingerprint density at radius 2 is 2.33 bits per heavy atom. The van der Waals surface area contributed by atoms with Crippen molar-refractivity contribution in [2.45, 2.75) is 12.2 Å². The number of carbonyl (C=O) groups is 1. The zero-order valence-corrected chi connectivity index (χ0v) is 10.7. The van der Waals surface area contributed by atoms with Gasteiger partial charge in [0.1, 0.15) is 9.88 Å². The van der Waals surface area contributed by atoms with Gasteiger partial charge in [0.05, 0.1) is 10.9 Å². The summed E-state index contributed by atoms with van der Waals surface area (Å²) in [5.74, 6) is 2.52. The summed E-state index contributed by atoms with van der Waals surface area (Å²) in [6.45, 7) is 1.77. The average Bonchev–Trinajstić information content (AvgIpc) is 2.62. The summed E-state index contributed by atoms with van der Waals surface area (Å²) in [5, 5.41) is 10.3. The number of nitrogens with zero attached hydrogens (tertiary/aromatic N) is 1. The number of thiazole rings is 1. The molecule has 0 bridgehead atoms. The lowest BCUT2D eigenvalue weighted by Gasteiger charge is -2.18. The van der Waals surface area contributed by atoms with Crippen molar-refractivity contribution in [3.8, 4) is 0 Å².